The van der Waals surface area contributed by atoms with Crippen LogP contribution in [0.25, 0.3) is 0 Å². The number of aromatic hydroxyl groups is 1. The topological polar surface area (TPSA) is 91.9 Å². The van der Waals surface area contributed by atoms with Crippen LogP contribution in [0.15, 0.2) is 17.1 Å². The van der Waals surface area contributed by atoms with Crippen molar-refractivity contribution in [1.29, 1.82) is 0 Å². The summed E-state index contributed by atoms with van der Waals surface area (Å²) in [4.78, 5) is 11.2. The number of ether oxygens (including phenoxy) is 1. The van der Waals surface area contributed by atoms with Crippen LogP contribution in [-0.4, -0.2) is 38.7 Å². The summed E-state index contributed by atoms with van der Waals surface area (Å²) in [5.41, 5.74) is -0.0655. The highest BCUT2D eigenvalue weighted by Crippen LogP contribution is 2.30. The molecule has 1 aliphatic rings. The van der Waals surface area contributed by atoms with E-state index in [1.54, 1.807) is 11.5 Å². The van der Waals surface area contributed by atoms with E-state index in [1.807, 2.05) is 0 Å². The van der Waals surface area contributed by atoms with Crippen LogP contribution in [0.5, 0.6) is 5.75 Å². The Hall–Kier alpha value is -1.37. The van der Waals surface area contributed by atoms with Crippen LogP contribution in [0.2, 0.25) is 0 Å². The van der Waals surface area contributed by atoms with Crippen LogP contribution in [0, 0.1) is 6.92 Å². The maximum Gasteiger partial charge on any atom is 0.223 e. The fourth-order valence-corrected chi connectivity index (χ4v) is 2.00. The van der Waals surface area contributed by atoms with Gasteiger partial charge in [0.1, 0.15) is 12.3 Å². The van der Waals surface area contributed by atoms with Gasteiger partial charge in [0.25, 0.3) is 0 Å². The van der Waals surface area contributed by atoms with Gasteiger partial charge in [-0.15, -0.1) is 0 Å². The second-order valence-electron chi connectivity index (χ2n) is 4.14. The molecule has 0 aromatic carbocycles. The molecule has 0 spiro atoms. The minimum Gasteiger partial charge on any atom is -0.503 e. The van der Waals surface area contributed by atoms with Gasteiger partial charge in [0.05, 0.1) is 18.4 Å². The molecule has 17 heavy (non-hydrogen) atoms. The van der Waals surface area contributed by atoms with E-state index in [9.17, 15) is 15.0 Å². The highest BCUT2D eigenvalue weighted by atomic mass is 16.5. The van der Waals surface area contributed by atoms with E-state index >= 15 is 0 Å². The molecule has 0 amide bonds. The van der Waals surface area contributed by atoms with Gasteiger partial charge >= 0.3 is 0 Å². The van der Waals surface area contributed by atoms with Crippen molar-refractivity contribution >= 4 is 0 Å². The monoisotopic (exact) mass is 241 g/mol. The maximum absolute atomic E-state index is 11.2. The van der Waals surface area contributed by atoms with Gasteiger partial charge < -0.3 is 24.6 Å². The Morgan fingerprint density at radius 1 is 1.59 bits per heavy atom. The molecule has 1 saturated heterocycles. The van der Waals surface area contributed by atoms with Gasteiger partial charge in [-0.05, 0) is 6.92 Å². The van der Waals surface area contributed by atoms with Gasteiger partial charge in [0, 0.05) is 18.7 Å². The highest BCUT2D eigenvalue weighted by Gasteiger charge is 2.34. The van der Waals surface area contributed by atoms with E-state index in [2.05, 4.69) is 0 Å². The molecular formula is C11H15NO5. The predicted octanol–water partition coefficient (Wildman–Crippen LogP) is -0.497. The minimum atomic E-state index is -0.744. The van der Waals surface area contributed by atoms with Gasteiger partial charge in [-0.3, -0.25) is 4.79 Å². The molecule has 0 radical (unpaired) electrons. The lowest BCUT2D eigenvalue weighted by Gasteiger charge is -2.18. The summed E-state index contributed by atoms with van der Waals surface area (Å²) < 4.78 is 7.01. The van der Waals surface area contributed by atoms with Gasteiger partial charge in [0.15, 0.2) is 5.75 Å². The number of aliphatic hydroxyl groups excluding tert-OH is 2. The van der Waals surface area contributed by atoms with E-state index in [0.717, 1.165) is 0 Å². The Morgan fingerprint density at radius 2 is 2.29 bits per heavy atom. The third kappa shape index (κ3) is 2.06. The molecule has 0 unspecified atom stereocenters. The van der Waals surface area contributed by atoms with Crippen molar-refractivity contribution in [3.05, 3.63) is 28.2 Å². The van der Waals surface area contributed by atoms with E-state index < -0.39 is 23.9 Å². The van der Waals surface area contributed by atoms with Crippen LogP contribution in [0.3, 0.4) is 0 Å². The molecule has 6 nitrogen and oxygen atoms in total. The number of pyridine rings is 1. The number of nitrogens with zero attached hydrogens (tertiary/aromatic N) is 1. The first-order chi connectivity index (χ1) is 8.04. The summed E-state index contributed by atoms with van der Waals surface area (Å²) in [5.74, 6) is -0.321. The minimum absolute atomic E-state index is 0.261. The summed E-state index contributed by atoms with van der Waals surface area (Å²) in [6.07, 6.45) is -0.0243. The van der Waals surface area contributed by atoms with Gasteiger partial charge in [-0.25, -0.2) is 0 Å². The van der Waals surface area contributed by atoms with E-state index in [-0.39, 0.29) is 12.4 Å². The lowest BCUT2D eigenvalue weighted by molar-refractivity contribution is -0.0452. The van der Waals surface area contributed by atoms with Crippen molar-refractivity contribution in [3.8, 4) is 5.75 Å². The summed E-state index contributed by atoms with van der Waals surface area (Å²) in [7, 11) is 0. The standard InChI is InChI=1S/C11H15NO5/c1-6-11(16)7(14)2-3-12(6)10-4-8(15)9(5-13)17-10/h2-3,8-10,13,15-16H,4-5H2,1H3/t8-,9+,10+/m0/s1. The third-order valence-electron chi connectivity index (χ3n) is 3.04. The predicted molar refractivity (Wildman–Crippen MR) is 58.7 cm³/mol. The maximum atomic E-state index is 11.2. The van der Waals surface area contributed by atoms with E-state index in [0.29, 0.717) is 12.1 Å². The Labute approximate surface area is 97.7 Å². The molecule has 1 aromatic heterocycles. The number of rotatable bonds is 2. The molecule has 6 heteroatoms. The Balaban J connectivity index is 2.31. The second kappa shape index (κ2) is 4.48. The molecule has 2 heterocycles. The van der Waals surface area contributed by atoms with Crippen molar-refractivity contribution < 1.29 is 20.1 Å². The number of hydrogen-bond acceptors (Lipinski definition) is 5. The Morgan fingerprint density at radius 3 is 2.88 bits per heavy atom. The molecule has 0 bridgehead atoms. The van der Waals surface area contributed by atoms with Crippen molar-refractivity contribution in [2.45, 2.75) is 31.8 Å². The van der Waals surface area contributed by atoms with Gasteiger partial charge in [-0.2, -0.15) is 0 Å². The normalized spacial score (nSPS) is 28.5. The molecule has 2 rings (SSSR count). The van der Waals surface area contributed by atoms with Crippen LogP contribution >= 0.6 is 0 Å². The molecule has 0 aliphatic carbocycles. The quantitative estimate of drug-likeness (QED) is 0.649. The molecule has 94 valence electrons. The zero-order valence-electron chi connectivity index (χ0n) is 9.41. The highest BCUT2D eigenvalue weighted by molar-refractivity contribution is 5.25. The first-order valence-corrected chi connectivity index (χ1v) is 5.39. The lowest BCUT2D eigenvalue weighted by atomic mass is 10.2. The van der Waals surface area contributed by atoms with Gasteiger partial charge in [-0.1, -0.05) is 0 Å². The summed E-state index contributed by atoms with van der Waals surface area (Å²) in [6.45, 7) is 1.33. The molecule has 0 saturated carbocycles. The third-order valence-corrected chi connectivity index (χ3v) is 3.04. The summed E-state index contributed by atoms with van der Waals surface area (Å²) >= 11 is 0. The molecule has 3 atom stereocenters. The Kier molecular flexibility index (Phi) is 3.19. The first kappa shape index (κ1) is 12.1. The average molecular weight is 241 g/mol. The molecule has 1 fully saturated rings. The van der Waals surface area contributed by atoms with Crippen LogP contribution in [-0.2, 0) is 4.74 Å². The van der Waals surface area contributed by atoms with Crippen LogP contribution in [0.4, 0.5) is 0 Å². The van der Waals surface area contributed by atoms with Crippen LogP contribution < -0.4 is 5.43 Å². The summed E-state index contributed by atoms with van der Waals surface area (Å²) in [5, 5.41) is 28.1. The van der Waals surface area contributed by atoms with Crippen molar-refractivity contribution in [2.24, 2.45) is 0 Å². The first-order valence-electron chi connectivity index (χ1n) is 5.39. The van der Waals surface area contributed by atoms with Crippen molar-refractivity contribution in [3.63, 3.8) is 0 Å². The van der Waals surface area contributed by atoms with Crippen LogP contribution in [0.1, 0.15) is 18.3 Å². The zero-order chi connectivity index (χ0) is 12.6. The molecule has 3 N–H and O–H groups in total. The van der Waals surface area contributed by atoms with Crippen molar-refractivity contribution in [1.82, 2.24) is 4.57 Å². The number of hydrogen-bond donors (Lipinski definition) is 3. The van der Waals surface area contributed by atoms with E-state index in [1.165, 1.54) is 12.3 Å². The molecule has 1 aromatic rings. The van der Waals surface area contributed by atoms with Crippen molar-refractivity contribution in [2.75, 3.05) is 6.61 Å². The largest absolute Gasteiger partial charge is 0.503 e. The fourth-order valence-electron chi connectivity index (χ4n) is 2.00. The Bertz CT molecular complexity index is 469. The number of aliphatic hydroxyl groups is 2. The molecule has 1 aliphatic heterocycles. The summed E-state index contributed by atoms with van der Waals surface area (Å²) in [6, 6.07) is 1.24. The van der Waals surface area contributed by atoms with Gasteiger partial charge in [0.2, 0.25) is 5.43 Å². The fraction of sp³-hybridized carbons (Fsp3) is 0.545. The zero-order valence-corrected chi connectivity index (χ0v) is 9.41. The number of aromatic nitrogens is 1. The van der Waals surface area contributed by atoms with E-state index in [4.69, 9.17) is 9.84 Å². The lowest BCUT2D eigenvalue weighted by Crippen LogP contribution is -2.24. The smallest absolute Gasteiger partial charge is 0.223 e. The molecular weight excluding hydrogens is 226 g/mol. The second-order valence-corrected chi connectivity index (χ2v) is 4.14. The SMILES string of the molecule is Cc1c(O)c(=O)ccn1[C@H]1C[C@H](O)[C@@H](CO)O1. The average Bonchev–Trinajstić information content (AvgIpc) is 2.67.